The second-order valence-corrected chi connectivity index (χ2v) is 5.38. The van der Waals surface area contributed by atoms with Crippen molar-refractivity contribution in [3.05, 3.63) is 33.8 Å². The van der Waals surface area contributed by atoms with Crippen LogP contribution in [-0.4, -0.2) is 17.6 Å². The first-order chi connectivity index (χ1) is 8.96. The second-order valence-electron chi connectivity index (χ2n) is 4.57. The third-order valence-corrected chi connectivity index (χ3v) is 3.59. The number of halogens is 5. The summed E-state index contributed by atoms with van der Waals surface area (Å²) in [5, 5.41) is 2.76. The minimum Gasteiger partial charge on any atom is -0.348 e. The van der Waals surface area contributed by atoms with Crippen molar-refractivity contribution < 1.29 is 18.0 Å². The highest BCUT2D eigenvalue weighted by molar-refractivity contribution is 6.42. The van der Waals surface area contributed by atoms with E-state index in [1.807, 2.05) is 0 Å². The molecule has 3 N–H and O–H groups in total. The van der Waals surface area contributed by atoms with Crippen molar-refractivity contribution in [1.29, 1.82) is 0 Å². The third kappa shape index (κ3) is 3.56. The minimum atomic E-state index is -4.84. The van der Waals surface area contributed by atoms with E-state index in [9.17, 15) is 18.0 Å². The molecule has 1 amide bonds. The van der Waals surface area contributed by atoms with Crippen LogP contribution in [0.3, 0.4) is 0 Å². The number of rotatable bonds is 3. The van der Waals surface area contributed by atoms with Crippen LogP contribution in [0.1, 0.15) is 25.5 Å². The molecule has 0 aliphatic carbocycles. The summed E-state index contributed by atoms with van der Waals surface area (Å²) in [5.41, 5.74) is 2.59. The molecule has 0 saturated heterocycles. The monoisotopic (exact) mass is 328 g/mol. The predicted molar refractivity (Wildman–Crippen MR) is 71.7 cm³/mol. The van der Waals surface area contributed by atoms with E-state index < -0.39 is 23.7 Å². The third-order valence-electron chi connectivity index (χ3n) is 2.85. The van der Waals surface area contributed by atoms with Gasteiger partial charge in [0.2, 0.25) is 5.91 Å². The number of nitrogens with one attached hydrogen (secondary N) is 1. The molecule has 0 heterocycles. The molecule has 20 heavy (non-hydrogen) atoms. The summed E-state index contributed by atoms with van der Waals surface area (Å²) in [6.07, 6.45) is -4.84. The maximum atomic E-state index is 12.6. The standard InChI is InChI=1S/C12H13Cl2F3N2O/c1-6(7-3-4-8(13)9(14)5-7)19-10(20)11(2,18)12(15,16)17/h3-6H,18H2,1-2H3,(H,19,20). The molecular weight excluding hydrogens is 316 g/mol. The molecular formula is C12H13Cl2F3N2O. The SMILES string of the molecule is CC(NC(=O)C(C)(N)C(F)(F)F)c1ccc(Cl)c(Cl)c1. The zero-order valence-corrected chi connectivity index (χ0v) is 12.2. The molecule has 0 aliphatic heterocycles. The van der Waals surface area contributed by atoms with Gasteiger partial charge in [0.25, 0.3) is 0 Å². The fraction of sp³-hybridized carbons (Fsp3) is 0.417. The Hall–Kier alpha value is -0.980. The Kier molecular flexibility index (Phi) is 4.94. The van der Waals surface area contributed by atoms with Gasteiger partial charge in [0, 0.05) is 0 Å². The molecule has 0 saturated carbocycles. The largest absolute Gasteiger partial charge is 0.415 e. The summed E-state index contributed by atoms with van der Waals surface area (Å²) in [6.45, 7) is 2.13. The quantitative estimate of drug-likeness (QED) is 0.892. The number of amides is 1. The van der Waals surface area contributed by atoms with E-state index in [0.717, 1.165) is 0 Å². The highest BCUT2D eigenvalue weighted by atomic mass is 35.5. The Morgan fingerprint density at radius 2 is 1.85 bits per heavy atom. The number of alkyl halides is 3. The van der Waals surface area contributed by atoms with E-state index in [1.54, 1.807) is 6.07 Å². The van der Waals surface area contributed by atoms with Crippen molar-refractivity contribution in [2.75, 3.05) is 0 Å². The first-order valence-electron chi connectivity index (χ1n) is 5.58. The number of nitrogens with two attached hydrogens (primary N) is 1. The van der Waals surface area contributed by atoms with Crippen molar-refractivity contribution in [3.63, 3.8) is 0 Å². The minimum absolute atomic E-state index is 0.247. The first kappa shape index (κ1) is 17.1. The lowest BCUT2D eigenvalue weighted by Gasteiger charge is -2.28. The van der Waals surface area contributed by atoms with Crippen LogP contribution in [0.25, 0.3) is 0 Å². The van der Waals surface area contributed by atoms with Crippen molar-refractivity contribution in [1.82, 2.24) is 5.32 Å². The van der Waals surface area contributed by atoms with Gasteiger partial charge in [-0.05, 0) is 31.5 Å². The van der Waals surface area contributed by atoms with E-state index in [-0.39, 0.29) is 5.02 Å². The van der Waals surface area contributed by atoms with E-state index in [4.69, 9.17) is 28.9 Å². The molecule has 1 rings (SSSR count). The number of carbonyl (C=O) groups is 1. The van der Waals surface area contributed by atoms with Crippen LogP contribution >= 0.6 is 23.2 Å². The maximum Gasteiger partial charge on any atom is 0.415 e. The zero-order chi connectivity index (χ0) is 15.7. The average molecular weight is 329 g/mol. The smallest absolute Gasteiger partial charge is 0.348 e. The number of hydrogen-bond acceptors (Lipinski definition) is 2. The van der Waals surface area contributed by atoms with Gasteiger partial charge in [-0.25, -0.2) is 0 Å². The van der Waals surface area contributed by atoms with Crippen LogP contribution < -0.4 is 11.1 Å². The van der Waals surface area contributed by atoms with Gasteiger partial charge in [-0.15, -0.1) is 0 Å². The highest BCUT2D eigenvalue weighted by Gasteiger charge is 2.54. The molecule has 0 radical (unpaired) electrons. The Balaban J connectivity index is 2.88. The summed E-state index contributed by atoms with van der Waals surface area (Å²) in [4.78, 5) is 11.6. The van der Waals surface area contributed by atoms with Gasteiger partial charge in [0.1, 0.15) is 0 Å². The Morgan fingerprint density at radius 1 is 1.30 bits per heavy atom. The second kappa shape index (κ2) is 5.79. The zero-order valence-electron chi connectivity index (χ0n) is 10.7. The molecule has 0 bridgehead atoms. The van der Waals surface area contributed by atoms with Gasteiger partial charge in [-0.3, -0.25) is 4.79 Å². The average Bonchev–Trinajstić information content (AvgIpc) is 2.30. The number of hydrogen-bond donors (Lipinski definition) is 2. The summed E-state index contributed by atoms with van der Waals surface area (Å²) in [6, 6.07) is 3.83. The van der Waals surface area contributed by atoms with Gasteiger partial charge in [0.05, 0.1) is 16.1 Å². The van der Waals surface area contributed by atoms with Crippen molar-refractivity contribution in [3.8, 4) is 0 Å². The fourth-order valence-corrected chi connectivity index (χ4v) is 1.65. The molecule has 1 aromatic rings. The molecule has 0 fully saturated rings. The van der Waals surface area contributed by atoms with E-state index in [2.05, 4.69) is 5.32 Å². The Morgan fingerprint density at radius 3 is 2.30 bits per heavy atom. The molecule has 2 atom stereocenters. The van der Waals surface area contributed by atoms with Crippen LogP contribution in [0.2, 0.25) is 10.0 Å². The molecule has 0 aromatic heterocycles. The number of carbonyl (C=O) groups excluding carboxylic acids is 1. The molecule has 0 spiro atoms. The van der Waals surface area contributed by atoms with Gasteiger partial charge in [0.15, 0.2) is 5.54 Å². The van der Waals surface area contributed by atoms with Crippen molar-refractivity contribution in [2.45, 2.75) is 31.6 Å². The first-order valence-corrected chi connectivity index (χ1v) is 6.34. The molecule has 3 nitrogen and oxygen atoms in total. The Bertz CT molecular complexity index is 518. The van der Waals surface area contributed by atoms with Gasteiger partial charge < -0.3 is 11.1 Å². The van der Waals surface area contributed by atoms with Gasteiger partial charge >= 0.3 is 6.18 Å². The highest BCUT2D eigenvalue weighted by Crippen LogP contribution is 2.29. The van der Waals surface area contributed by atoms with E-state index in [1.165, 1.54) is 19.1 Å². The summed E-state index contributed by atoms with van der Waals surface area (Å²) in [5.74, 6) is -1.32. The lowest BCUT2D eigenvalue weighted by atomic mass is 10.0. The topological polar surface area (TPSA) is 55.1 Å². The van der Waals surface area contributed by atoms with Crippen LogP contribution in [0.5, 0.6) is 0 Å². The van der Waals surface area contributed by atoms with Crippen LogP contribution in [0.4, 0.5) is 13.2 Å². The van der Waals surface area contributed by atoms with Crippen LogP contribution in [0.15, 0.2) is 18.2 Å². The lowest BCUT2D eigenvalue weighted by Crippen LogP contribution is -2.61. The Labute approximate surface area is 124 Å². The molecule has 2 unspecified atom stereocenters. The lowest BCUT2D eigenvalue weighted by molar-refractivity contribution is -0.187. The van der Waals surface area contributed by atoms with Crippen LogP contribution in [-0.2, 0) is 4.79 Å². The predicted octanol–water partition coefficient (Wildman–Crippen LogP) is 3.45. The molecule has 1 aromatic carbocycles. The molecule has 8 heteroatoms. The molecule has 0 aliphatic rings. The van der Waals surface area contributed by atoms with Crippen molar-refractivity contribution in [2.24, 2.45) is 5.73 Å². The summed E-state index contributed by atoms with van der Waals surface area (Å²) >= 11 is 11.5. The van der Waals surface area contributed by atoms with Crippen molar-refractivity contribution >= 4 is 29.1 Å². The summed E-state index contributed by atoms with van der Waals surface area (Å²) < 4.78 is 37.9. The van der Waals surface area contributed by atoms with E-state index in [0.29, 0.717) is 17.5 Å². The van der Waals surface area contributed by atoms with E-state index >= 15 is 0 Å². The summed E-state index contributed by atoms with van der Waals surface area (Å²) in [7, 11) is 0. The van der Waals surface area contributed by atoms with Gasteiger partial charge in [-0.1, -0.05) is 29.3 Å². The fourth-order valence-electron chi connectivity index (χ4n) is 1.34. The molecule has 112 valence electrons. The number of benzene rings is 1. The normalized spacial score (nSPS) is 16.4. The van der Waals surface area contributed by atoms with Gasteiger partial charge in [-0.2, -0.15) is 13.2 Å². The van der Waals surface area contributed by atoms with Crippen LogP contribution in [0, 0.1) is 0 Å². The maximum absolute atomic E-state index is 12.6.